The second kappa shape index (κ2) is 8.51. The summed E-state index contributed by atoms with van der Waals surface area (Å²) in [7, 11) is -1.91. The molecule has 11 nitrogen and oxygen atoms in total. The number of nitrogens with one attached hydrogen (secondary N) is 3. The number of fused-ring (bicyclic) bond motifs is 3. The lowest BCUT2D eigenvalue weighted by Crippen LogP contribution is -2.49. The molecule has 0 saturated carbocycles. The minimum absolute atomic E-state index is 0.0189. The highest BCUT2D eigenvalue weighted by Gasteiger charge is 2.45. The van der Waals surface area contributed by atoms with Crippen molar-refractivity contribution in [3.63, 3.8) is 0 Å². The van der Waals surface area contributed by atoms with Gasteiger partial charge in [-0.3, -0.25) is 10.1 Å². The van der Waals surface area contributed by atoms with Crippen LogP contribution in [0.25, 0.3) is 10.9 Å². The number of aromatic nitrogens is 4. The van der Waals surface area contributed by atoms with Crippen LogP contribution in [0.5, 0.6) is 0 Å². The van der Waals surface area contributed by atoms with Crippen LogP contribution in [0.3, 0.4) is 0 Å². The zero-order chi connectivity index (χ0) is 24.0. The summed E-state index contributed by atoms with van der Waals surface area (Å²) >= 11 is 0. The molecule has 0 radical (unpaired) electrons. The number of aromatic amines is 1. The van der Waals surface area contributed by atoms with Gasteiger partial charge in [0.2, 0.25) is 10.0 Å². The summed E-state index contributed by atoms with van der Waals surface area (Å²) in [5.74, 6) is 1.27. The number of sulfonamides is 1. The van der Waals surface area contributed by atoms with E-state index in [0.29, 0.717) is 46.8 Å². The molecule has 2 aliphatic heterocycles. The van der Waals surface area contributed by atoms with Gasteiger partial charge in [-0.2, -0.15) is 9.40 Å². The van der Waals surface area contributed by atoms with Crippen LogP contribution < -0.4 is 10.6 Å². The molecule has 3 aromatic heterocycles. The molecule has 3 N–H and O–H groups in total. The van der Waals surface area contributed by atoms with Gasteiger partial charge >= 0.3 is 5.97 Å². The van der Waals surface area contributed by atoms with Crippen molar-refractivity contribution in [1.29, 1.82) is 0 Å². The lowest BCUT2D eigenvalue weighted by Gasteiger charge is -2.37. The molecule has 1 unspecified atom stereocenters. The highest BCUT2D eigenvalue weighted by molar-refractivity contribution is 7.88. The third kappa shape index (κ3) is 4.30. The predicted octanol–water partition coefficient (Wildman–Crippen LogP) is 2.56. The lowest BCUT2D eigenvalue weighted by atomic mass is 9.99. The minimum Gasteiger partial charge on any atom is -0.465 e. The fourth-order valence-corrected chi connectivity index (χ4v) is 6.59. The number of anilines is 3. The molecule has 34 heavy (non-hydrogen) atoms. The molecule has 0 aromatic carbocycles. The van der Waals surface area contributed by atoms with E-state index in [1.54, 1.807) is 16.4 Å². The third-order valence-electron chi connectivity index (χ3n) is 6.45. The molecule has 2 fully saturated rings. The minimum atomic E-state index is -3.24. The number of piperidine rings is 1. The smallest absolute Gasteiger partial charge is 0.339 e. The van der Waals surface area contributed by atoms with Crippen LogP contribution >= 0.6 is 0 Å². The van der Waals surface area contributed by atoms with E-state index < -0.39 is 16.0 Å². The zero-order valence-electron chi connectivity index (χ0n) is 19.2. The molecule has 180 valence electrons. The van der Waals surface area contributed by atoms with E-state index in [1.807, 2.05) is 13.0 Å². The Morgan fingerprint density at radius 1 is 1.18 bits per heavy atom. The molecule has 12 heteroatoms. The van der Waals surface area contributed by atoms with Crippen molar-refractivity contribution in [1.82, 2.24) is 24.5 Å². The van der Waals surface area contributed by atoms with Crippen LogP contribution in [0.1, 0.15) is 41.7 Å². The van der Waals surface area contributed by atoms with Crippen molar-refractivity contribution in [3.05, 3.63) is 35.7 Å². The number of nitrogens with zero attached hydrogens (tertiary/aromatic N) is 4. The van der Waals surface area contributed by atoms with Crippen LogP contribution in [0.2, 0.25) is 0 Å². The van der Waals surface area contributed by atoms with E-state index in [0.717, 1.165) is 18.5 Å². The molecule has 5 rings (SSSR count). The van der Waals surface area contributed by atoms with Gasteiger partial charge in [-0.25, -0.2) is 18.2 Å². The Morgan fingerprint density at radius 3 is 2.53 bits per heavy atom. The van der Waals surface area contributed by atoms with Crippen molar-refractivity contribution in [2.45, 2.75) is 50.7 Å². The number of H-pyrrole nitrogens is 1. The van der Waals surface area contributed by atoms with Crippen molar-refractivity contribution in [3.8, 4) is 0 Å². The van der Waals surface area contributed by atoms with Gasteiger partial charge < -0.3 is 15.4 Å². The Hall–Kier alpha value is -3.25. The first kappa shape index (κ1) is 22.5. The molecule has 3 atom stereocenters. The second-order valence-electron chi connectivity index (χ2n) is 8.99. The van der Waals surface area contributed by atoms with Crippen molar-refractivity contribution in [2.75, 3.05) is 24.0 Å². The van der Waals surface area contributed by atoms with Crippen LogP contribution in [-0.2, 0) is 14.8 Å². The van der Waals surface area contributed by atoms with Crippen molar-refractivity contribution < 1.29 is 17.9 Å². The van der Waals surface area contributed by atoms with Crippen LogP contribution in [0.4, 0.5) is 17.5 Å². The van der Waals surface area contributed by atoms with E-state index in [-0.39, 0.29) is 18.1 Å². The molecular formula is C22H27N7O4S. The second-order valence-corrected chi connectivity index (χ2v) is 10.9. The van der Waals surface area contributed by atoms with E-state index in [4.69, 9.17) is 9.72 Å². The first-order valence-corrected chi connectivity index (χ1v) is 13.0. The largest absolute Gasteiger partial charge is 0.465 e. The Labute approximate surface area is 197 Å². The number of carbonyl (C=O) groups is 1. The summed E-state index contributed by atoms with van der Waals surface area (Å²) in [5, 5.41) is 14.5. The highest BCUT2D eigenvalue weighted by Crippen LogP contribution is 2.39. The normalized spacial score (nSPS) is 22.6. The number of aryl methyl sites for hydroxylation is 1. The standard InChI is InChI=1S/C22H27N7O4S/c1-12-6-20(28-27-12)25-19-10-18-17(7-13(11-23-18)22(30)33-2)21(26-19)24-14-8-15-4-5-16(9-14)29(15)34(3,31)32/h6-7,10-11,14-16H,4-5,8-9H2,1-3H3,(H3,24,25,26,27,28)/t14?,15-,16+. The fourth-order valence-electron chi connectivity index (χ4n) is 5.13. The molecule has 3 aromatic rings. The van der Waals surface area contributed by atoms with Crippen molar-refractivity contribution in [2.24, 2.45) is 0 Å². The van der Waals surface area contributed by atoms with Gasteiger partial charge in [0.05, 0.1) is 24.4 Å². The Morgan fingerprint density at radius 2 is 1.91 bits per heavy atom. The van der Waals surface area contributed by atoms with Gasteiger partial charge in [-0.05, 0) is 38.7 Å². The molecule has 2 bridgehead atoms. The summed E-state index contributed by atoms with van der Waals surface area (Å²) < 4.78 is 31.0. The maximum absolute atomic E-state index is 12.3. The maximum atomic E-state index is 12.3. The SMILES string of the molecule is COC(=O)c1cnc2cc(Nc3cc(C)[nH]n3)nc(NC3C[C@H]4CC[C@@H](C3)N4S(C)(=O)=O)c2c1. The predicted molar refractivity (Wildman–Crippen MR) is 128 cm³/mol. The third-order valence-corrected chi connectivity index (χ3v) is 7.81. The summed E-state index contributed by atoms with van der Waals surface area (Å²) in [6, 6.07) is 5.37. The molecule has 2 aliphatic rings. The summed E-state index contributed by atoms with van der Waals surface area (Å²) in [5.41, 5.74) is 1.89. The van der Waals surface area contributed by atoms with Gasteiger partial charge in [0.1, 0.15) is 11.6 Å². The number of ether oxygens (including phenoxy) is 1. The topological polar surface area (TPSA) is 142 Å². The number of hydrogen-bond acceptors (Lipinski definition) is 9. The first-order chi connectivity index (χ1) is 16.2. The zero-order valence-corrected chi connectivity index (χ0v) is 20.0. The number of hydrogen-bond donors (Lipinski definition) is 3. The molecular weight excluding hydrogens is 458 g/mol. The van der Waals surface area contributed by atoms with E-state index in [1.165, 1.54) is 19.6 Å². The van der Waals surface area contributed by atoms with Crippen molar-refractivity contribution >= 4 is 44.3 Å². The van der Waals surface area contributed by atoms with Gasteiger partial charge in [-0.1, -0.05) is 0 Å². The average molecular weight is 486 g/mol. The lowest BCUT2D eigenvalue weighted by molar-refractivity contribution is 0.0600. The number of pyridine rings is 2. The molecule has 2 saturated heterocycles. The number of esters is 1. The van der Waals surface area contributed by atoms with Gasteiger partial charge in [-0.15, -0.1) is 0 Å². The maximum Gasteiger partial charge on any atom is 0.339 e. The first-order valence-electron chi connectivity index (χ1n) is 11.1. The monoisotopic (exact) mass is 485 g/mol. The fraction of sp³-hybridized carbons (Fsp3) is 0.455. The number of rotatable bonds is 6. The van der Waals surface area contributed by atoms with Gasteiger partial charge in [0.25, 0.3) is 0 Å². The molecule has 0 aliphatic carbocycles. The van der Waals surface area contributed by atoms with Gasteiger partial charge in [0.15, 0.2) is 5.82 Å². The van der Waals surface area contributed by atoms with Gasteiger partial charge in [0, 0.05) is 47.5 Å². The summed E-state index contributed by atoms with van der Waals surface area (Å²) in [6.07, 6.45) is 5.86. The molecule has 5 heterocycles. The molecule has 0 amide bonds. The average Bonchev–Trinajstić information content (AvgIpc) is 3.33. The van der Waals surface area contributed by atoms with E-state index >= 15 is 0 Å². The Balaban J connectivity index is 1.49. The summed E-state index contributed by atoms with van der Waals surface area (Å²) in [4.78, 5) is 21.3. The highest BCUT2D eigenvalue weighted by atomic mass is 32.2. The molecule has 0 spiro atoms. The van der Waals surface area contributed by atoms with E-state index in [2.05, 4.69) is 25.8 Å². The Bertz CT molecular complexity index is 1340. The number of carbonyl (C=O) groups excluding carboxylic acids is 1. The van der Waals surface area contributed by atoms with Crippen LogP contribution in [0, 0.1) is 6.92 Å². The quantitative estimate of drug-likeness (QED) is 0.449. The van der Waals surface area contributed by atoms with E-state index in [9.17, 15) is 13.2 Å². The number of methoxy groups -OCH3 is 1. The van der Waals surface area contributed by atoms with Crippen LogP contribution in [0.15, 0.2) is 24.4 Å². The Kier molecular flexibility index (Phi) is 5.64. The van der Waals surface area contributed by atoms with Crippen LogP contribution in [-0.4, -0.2) is 70.3 Å². The summed E-state index contributed by atoms with van der Waals surface area (Å²) in [6.45, 7) is 1.91.